The van der Waals surface area contributed by atoms with Gasteiger partial charge in [0.1, 0.15) is 0 Å². The number of rotatable bonds is 5. The summed E-state index contributed by atoms with van der Waals surface area (Å²) in [6, 6.07) is 0. The second-order valence-electron chi connectivity index (χ2n) is 6.99. The van der Waals surface area contributed by atoms with Gasteiger partial charge in [-0.2, -0.15) is 5.10 Å². The Kier molecular flexibility index (Phi) is 5.08. The lowest BCUT2D eigenvalue weighted by atomic mass is 9.84. The molecule has 3 heterocycles. The van der Waals surface area contributed by atoms with E-state index in [2.05, 4.69) is 23.1 Å². The van der Waals surface area contributed by atoms with E-state index in [0.29, 0.717) is 19.0 Å². The number of sulfonamides is 1. The minimum absolute atomic E-state index is 0.677. The molecule has 7 heteroatoms. The van der Waals surface area contributed by atoms with Crippen LogP contribution >= 0.6 is 0 Å². The van der Waals surface area contributed by atoms with Crippen LogP contribution in [0.25, 0.3) is 0 Å². The van der Waals surface area contributed by atoms with Crippen LogP contribution in [-0.2, 0) is 23.1 Å². The van der Waals surface area contributed by atoms with E-state index in [1.165, 1.54) is 18.2 Å². The second kappa shape index (κ2) is 6.91. The van der Waals surface area contributed by atoms with Crippen molar-refractivity contribution in [1.82, 2.24) is 19.0 Å². The lowest BCUT2D eigenvalue weighted by molar-refractivity contribution is 0.202. The third-order valence-corrected chi connectivity index (χ3v) is 6.66. The predicted molar refractivity (Wildman–Crippen MR) is 90.4 cm³/mol. The van der Waals surface area contributed by atoms with Gasteiger partial charge in [-0.15, -0.1) is 0 Å². The van der Waals surface area contributed by atoms with Crippen molar-refractivity contribution in [2.75, 3.05) is 32.4 Å². The van der Waals surface area contributed by atoms with Crippen LogP contribution in [0.1, 0.15) is 31.7 Å². The smallest absolute Gasteiger partial charge is 0.211 e. The number of likely N-dealkylation sites (tertiary alicyclic amines) is 1. The first kappa shape index (κ1) is 16.9. The highest BCUT2D eigenvalue weighted by Gasteiger charge is 2.33. The van der Waals surface area contributed by atoms with E-state index in [0.717, 1.165) is 44.9 Å². The average molecular weight is 340 g/mol. The van der Waals surface area contributed by atoms with Crippen LogP contribution in [0.4, 0.5) is 0 Å². The third-order valence-electron chi connectivity index (χ3n) is 5.36. The maximum atomic E-state index is 11.6. The van der Waals surface area contributed by atoms with Crippen LogP contribution in [0.15, 0.2) is 12.4 Å². The summed E-state index contributed by atoms with van der Waals surface area (Å²) in [5, 5.41) is 4.34. The number of hydrogen-bond donors (Lipinski definition) is 0. The Morgan fingerprint density at radius 3 is 2.48 bits per heavy atom. The summed E-state index contributed by atoms with van der Waals surface area (Å²) in [5.74, 6) is 1.40. The fourth-order valence-corrected chi connectivity index (χ4v) is 4.86. The van der Waals surface area contributed by atoms with Gasteiger partial charge in [-0.1, -0.05) is 0 Å². The van der Waals surface area contributed by atoms with Gasteiger partial charge in [-0.25, -0.2) is 12.7 Å². The number of hydrogen-bond acceptors (Lipinski definition) is 4. The highest BCUT2D eigenvalue weighted by atomic mass is 32.2. The highest BCUT2D eigenvalue weighted by Crippen LogP contribution is 2.32. The second-order valence-corrected chi connectivity index (χ2v) is 8.97. The molecular formula is C16H28N4O2S. The third kappa shape index (κ3) is 4.14. The molecule has 0 bridgehead atoms. The van der Waals surface area contributed by atoms with Gasteiger partial charge in [0.2, 0.25) is 10.0 Å². The standard InChI is InChI=1S/C16H28N4O2S/c1-3-19-12-14(10-17-19)11-18-7-4-16(13-18)15-5-8-20(9-6-15)23(2,21)22/h10,12,15-16H,3-9,11,13H2,1-2H3. The lowest BCUT2D eigenvalue weighted by Gasteiger charge is -2.33. The Hall–Kier alpha value is -0.920. The number of piperidine rings is 1. The number of aromatic nitrogens is 2. The first-order valence-corrected chi connectivity index (χ1v) is 10.5. The van der Waals surface area contributed by atoms with Crippen molar-refractivity contribution in [2.45, 2.75) is 39.3 Å². The van der Waals surface area contributed by atoms with Gasteiger partial charge >= 0.3 is 0 Å². The average Bonchev–Trinajstić information content (AvgIpc) is 3.16. The number of nitrogens with zero attached hydrogens (tertiary/aromatic N) is 4. The molecule has 0 N–H and O–H groups in total. The summed E-state index contributed by atoms with van der Waals surface area (Å²) in [6.07, 6.45) is 8.70. The summed E-state index contributed by atoms with van der Waals surface area (Å²) in [7, 11) is -3.01. The number of aryl methyl sites for hydroxylation is 1. The molecule has 2 saturated heterocycles. The molecule has 0 radical (unpaired) electrons. The first-order chi connectivity index (χ1) is 11.0. The van der Waals surface area contributed by atoms with Crippen LogP contribution in [0, 0.1) is 11.8 Å². The molecule has 0 amide bonds. The Balaban J connectivity index is 1.48. The molecule has 0 aromatic carbocycles. The lowest BCUT2D eigenvalue weighted by Crippen LogP contribution is -2.39. The normalized spacial score (nSPS) is 25.2. The van der Waals surface area contributed by atoms with Crippen molar-refractivity contribution in [3.63, 3.8) is 0 Å². The van der Waals surface area contributed by atoms with Crippen molar-refractivity contribution < 1.29 is 8.42 Å². The van der Waals surface area contributed by atoms with Crippen molar-refractivity contribution >= 4 is 10.0 Å². The van der Waals surface area contributed by atoms with E-state index in [-0.39, 0.29) is 0 Å². The zero-order valence-electron chi connectivity index (χ0n) is 14.2. The monoisotopic (exact) mass is 340 g/mol. The van der Waals surface area contributed by atoms with Crippen molar-refractivity contribution in [2.24, 2.45) is 11.8 Å². The molecular weight excluding hydrogens is 312 g/mol. The molecule has 3 rings (SSSR count). The van der Waals surface area contributed by atoms with Crippen LogP contribution in [0.2, 0.25) is 0 Å². The summed E-state index contributed by atoms with van der Waals surface area (Å²) in [5.41, 5.74) is 1.29. The minimum atomic E-state index is -3.01. The van der Waals surface area contributed by atoms with E-state index < -0.39 is 10.0 Å². The summed E-state index contributed by atoms with van der Waals surface area (Å²) in [4.78, 5) is 2.52. The van der Waals surface area contributed by atoms with Crippen LogP contribution in [-0.4, -0.2) is 59.8 Å². The van der Waals surface area contributed by atoms with Gasteiger partial charge in [0.05, 0.1) is 12.5 Å². The molecule has 130 valence electrons. The molecule has 1 aromatic rings. The summed E-state index contributed by atoms with van der Waals surface area (Å²) < 4.78 is 26.8. The zero-order chi connectivity index (χ0) is 16.4. The van der Waals surface area contributed by atoms with Gasteiger partial charge in [-0.3, -0.25) is 9.58 Å². The van der Waals surface area contributed by atoms with E-state index in [4.69, 9.17) is 0 Å². The van der Waals surface area contributed by atoms with Crippen LogP contribution in [0.3, 0.4) is 0 Å². The molecule has 2 fully saturated rings. The van der Waals surface area contributed by atoms with Gasteiger partial charge in [0.25, 0.3) is 0 Å². The fourth-order valence-electron chi connectivity index (χ4n) is 3.99. The Morgan fingerprint density at radius 2 is 1.87 bits per heavy atom. The largest absolute Gasteiger partial charge is 0.299 e. The highest BCUT2D eigenvalue weighted by molar-refractivity contribution is 7.88. The Morgan fingerprint density at radius 1 is 1.17 bits per heavy atom. The molecule has 1 atom stereocenters. The summed E-state index contributed by atoms with van der Waals surface area (Å²) >= 11 is 0. The van der Waals surface area contributed by atoms with Crippen molar-refractivity contribution in [3.8, 4) is 0 Å². The predicted octanol–water partition coefficient (Wildman–Crippen LogP) is 1.40. The Bertz CT molecular complexity index is 620. The molecule has 2 aliphatic heterocycles. The molecule has 6 nitrogen and oxygen atoms in total. The molecule has 23 heavy (non-hydrogen) atoms. The van der Waals surface area contributed by atoms with Crippen molar-refractivity contribution in [3.05, 3.63) is 18.0 Å². The molecule has 0 saturated carbocycles. The quantitative estimate of drug-likeness (QED) is 0.813. The Labute approximate surface area is 139 Å². The van der Waals surface area contributed by atoms with E-state index in [9.17, 15) is 8.42 Å². The van der Waals surface area contributed by atoms with E-state index >= 15 is 0 Å². The maximum absolute atomic E-state index is 11.6. The SMILES string of the molecule is CCn1cc(CN2CCC(C3CCN(S(C)(=O)=O)CC3)C2)cn1. The van der Waals surface area contributed by atoms with Gasteiger partial charge in [-0.05, 0) is 44.6 Å². The van der Waals surface area contributed by atoms with E-state index in [1.54, 1.807) is 4.31 Å². The fraction of sp³-hybridized carbons (Fsp3) is 0.812. The van der Waals surface area contributed by atoms with Gasteiger partial charge in [0, 0.05) is 44.5 Å². The van der Waals surface area contributed by atoms with E-state index in [1.807, 2.05) is 10.9 Å². The molecule has 1 aromatic heterocycles. The molecule has 0 spiro atoms. The zero-order valence-corrected chi connectivity index (χ0v) is 15.0. The topological polar surface area (TPSA) is 58.4 Å². The minimum Gasteiger partial charge on any atom is -0.299 e. The molecule has 1 unspecified atom stereocenters. The van der Waals surface area contributed by atoms with Crippen molar-refractivity contribution in [1.29, 1.82) is 0 Å². The van der Waals surface area contributed by atoms with Gasteiger partial charge in [0.15, 0.2) is 0 Å². The maximum Gasteiger partial charge on any atom is 0.211 e. The molecule has 0 aliphatic carbocycles. The summed E-state index contributed by atoms with van der Waals surface area (Å²) in [6.45, 7) is 7.69. The molecule has 2 aliphatic rings. The van der Waals surface area contributed by atoms with Crippen LogP contribution < -0.4 is 0 Å². The van der Waals surface area contributed by atoms with Crippen LogP contribution in [0.5, 0.6) is 0 Å². The first-order valence-electron chi connectivity index (χ1n) is 8.64. The van der Waals surface area contributed by atoms with Gasteiger partial charge < -0.3 is 0 Å².